The van der Waals surface area contributed by atoms with Crippen LogP contribution in [0.5, 0.6) is 0 Å². The second-order valence-electron chi connectivity index (χ2n) is 4.93. The van der Waals surface area contributed by atoms with Crippen LogP contribution in [0.1, 0.15) is 38.8 Å². The first-order chi connectivity index (χ1) is 8.18. The van der Waals surface area contributed by atoms with Crippen molar-refractivity contribution in [2.75, 3.05) is 0 Å². The average Bonchev–Trinajstić information content (AvgIpc) is 2.30. The minimum Gasteiger partial charge on any atom is -0.337 e. The van der Waals surface area contributed by atoms with E-state index >= 15 is 0 Å². The summed E-state index contributed by atoms with van der Waals surface area (Å²) in [6, 6.07) is 6.46. The van der Waals surface area contributed by atoms with Crippen LogP contribution in [0.4, 0.5) is 0 Å². The molecule has 1 saturated heterocycles. The molecule has 1 fully saturated rings. The molecule has 1 aromatic rings. The zero-order valence-electron chi connectivity index (χ0n) is 10.6. The summed E-state index contributed by atoms with van der Waals surface area (Å²) in [5, 5.41) is 0. The predicted molar refractivity (Wildman–Crippen MR) is 67.6 cm³/mol. The normalized spacial score (nSPS) is 24.7. The lowest BCUT2D eigenvalue weighted by Gasteiger charge is -2.39. The van der Waals surface area contributed by atoms with Crippen molar-refractivity contribution in [2.24, 2.45) is 0 Å². The monoisotopic (exact) mass is 232 g/mol. The maximum absolute atomic E-state index is 12.3. The third-order valence-corrected chi connectivity index (χ3v) is 3.54. The van der Waals surface area contributed by atoms with E-state index < -0.39 is 0 Å². The van der Waals surface area contributed by atoms with Crippen molar-refractivity contribution in [3.05, 3.63) is 30.1 Å². The van der Waals surface area contributed by atoms with E-state index in [2.05, 4.69) is 18.8 Å². The Morgan fingerprint density at radius 2 is 2.06 bits per heavy atom. The second kappa shape index (κ2) is 5.30. The average molecular weight is 232 g/mol. The molecule has 0 spiro atoms. The number of piperidine rings is 1. The molecule has 0 radical (unpaired) electrons. The van der Waals surface area contributed by atoms with Crippen LogP contribution in [-0.4, -0.2) is 27.9 Å². The van der Waals surface area contributed by atoms with Crippen LogP contribution >= 0.6 is 0 Å². The summed E-state index contributed by atoms with van der Waals surface area (Å²) < 4.78 is 0. The summed E-state index contributed by atoms with van der Waals surface area (Å²) in [5.41, 5.74) is 0.863. The Kier molecular flexibility index (Phi) is 3.77. The fourth-order valence-corrected chi connectivity index (χ4v) is 2.66. The van der Waals surface area contributed by atoms with Gasteiger partial charge in [-0.1, -0.05) is 6.07 Å². The quantitative estimate of drug-likeness (QED) is 0.784. The summed E-state index contributed by atoms with van der Waals surface area (Å²) in [4.78, 5) is 18.5. The molecule has 0 aliphatic carbocycles. The number of aromatic nitrogens is 1. The van der Waals surface area contributed by atoms with Crippen LogP contribution in [0.3, 0.4) is 0 Å². The zero-order chi connectivity index (χ0) is 12.3. The SMILES string of the molecule is CC1CCCC(C)N1C(=O)Cc1ccccn1. The fourth-order valence-electron chi connectivity index (χ4n) is 2.66. The van der Waals surface area contributed by atoms with Gasteiger partial charge >= 0.3 is 0 Å². The Labute approximate surface area is 103 Å². The van der Waals surface area contributed by atoms with Gasteiger partial charge in [-0.25, -0.2) is 0 Å². The van der Waals surface area contributed by atoms with E-state index in [-0.39, 0.29) is 5.91 Å². The topological polar surface area (TPSA) is 33.2 Å². The van der Waals surface area contributed by atoms with Crippen molar-refractivity contribution in [2.45, 2.75) is 51.6 Å². The van der Waals surface area contributed by atoms with Gasteiger partial charge in [0.05, 0.1) is 6.42 Å². The van der Waals surface area contributed by atoms with Gasteiger partial charge in [0.15, 0.2) is 0 Å². The molecule has 2 unspecified atom stereocenters. The molecule has 92 valence electrons. The van der Waals surface area contributed by atoms with Crippen LogP contribution in [0.15, 0.2) is 24.4 Å². The first-order valence-corrected chi connectivity index (χ1v) is 6.39. The number of nitrogens with zero attached hydrogens (tertiary/aromatic N) is 2. The van der Waals surface area contributed by atoms with E-state index in [4.69, 9.17) is 0 Å². The van der Waals surface area contributed by atoms with Crippen LogP contribution in [0.25, 0.3) is 0 Å². The number of likely N-dealkylation sites (tertiary alicyclic amines) is 1. The number of amides is 1. The van der Waals surface area contributed by atoms with Crippen molar-refractivity contribution in [3.63, 3.8) is 0 Å². The molecule has 1 amide bonds. The lowest BCUT2D eigenvalue weighted by molar-refractivity contribution is -0.136. The van der Waals surface area contributed by atoms with E-state index in [1.165, 1.54) is 6.42 Å². The molecule has 17 heavy (non-hydrogen) atoms. The molecule has 1 aliphatic rings. The highest BCUT2D eigenvalue weighted by Gasteiger charge is 2.28. The molecule has 1 aromatic heterocycles. The number of hydrogen-bond acceptors (Lipinski definition) is 2. The van der Waals surface area contributed by atoms with E-state index in [1.54, 1.807) is 6.20 Å². The van der Waals surface area contributed by atoms with Gasteiger partial charge in [0.2, 0.25) is 5.91 Å². The van der Waals surface area contributed by atoms with E-state index in [0.717, 1.165) is 18.5 Å². The third-order valence-electron chi connectivity index (χ3n) is 3.54. The molecule has 0 aromatic carbocycles. The van der Waals surface area contributed by atoms with Gasteiger partial charge in [0, 0.05) is 24.0 Å². The standard InChI is InChI=1S/C14H20N2O/c1-11-6-5-7-12(2)16(11)14(17)10-13-8-3-4-9-15-13/h3-4,8-9,11-12H,5-7,10H2,1-2H3. The number of carbonyl (C=O) groups is 1. The van der Waals surface area contributed by atoms with Gasteiger partial charge in [0.1, 0.15) is 0 Å². The maximum atomic E-state index is 12.3. The van der Waals surface area contributed by atoms with Crippen molar-refractivity contribution in [1.29, 1.82) is 0 Å². The van der Waals surface area contributed by atoms with E-state index in [0.29, 0.717) is 18.5 Å². The highest BCUT2D eigenvalue weighted by molar-refractivity contribution is 5.79. The van der Waals surface area contributed by atoms with Gasteiger partial charge in [-0.3, -0.25) is 9.78 Å². The van der Waals surface area contributed by atoms with Crippen molar-refractivity contribution in [1.82, 2.24) is 9.88 Å². The van der Waals surface area contributed by atoms with E-state index in [9.17, 15) is 4.79 Å². The highest BCUT2D eigenvalue weighted by Crippen LogP contribution is 2.23. The minimum absolute atomic E-state index is 0.211. The molecular formula is C14H20N2O. The summed E-state index contributed by atoms with van der Waals surface area (Å²) in [7, 11) is 0. The number of carbonyl (C=O) groups excluding carboxylic acids is 1. The number of pyridine rings is 1. The smallest absolute Gasteiger partial charge is 0.229 e. The summed E-state index contributed by atoms with van der Waals surface area (Å²) in [5.74, 6) is 0.211. The fraction of sp³-hybridized carbons (Fsp3) is 0.571. The van der Waals surface area contributed by atoms with Gasteiger partial charge in [0.25, 0.3) is 0 Å². The Hall–Kier alpha value is -1.38. The number of hydrogen-bond donors (Lipinski definition) is 0. The lowest BCUT2D eigenvalue weighted by Crippen LogP contribution is -2.48. The minimum atomic E-state index is 0.211. The largest absolute Gasteiger partial charge is 0.337 e. The Morgan fingerprint density at radius 1 is 1.35 bits per heavy atom. The molecule has 2 rings (SSSR count). The Morgan fingerprint density at radius 3 is 2.65 bits per heavy atom. The highest BCUT2D eigenvalue weighted by atomic mass is 16.2. The lowest BCUT2D eigenvalue weighted by atomic mass is 9.97. The Bertz CT molecular complexity index is 367. The molecule has 2 heterocycles. The first kappa shape index (κ1) is 12.1. The second-order valence-corrected chi connectivity index (χ2v) is 4.93. The molecule has 3 heteroatoms. The van der Waals surface area contributed by atoms with Crippen molar-refractivity contribution < 1.29 is 4.79 Å². The molecule has 1 aliphatic heterocycles. The first-order valence-electron chi connectivity index (χ1n) is 6.39. The van der Waals surface area contributed by atoms with Crippen LogP contribution in [0.2, 0.25) is 0 Å². The number of rotatable bonds is 2. The van der Waals surface area contributed by atoms with Crippen molar-refractivity contribution in [3.8, 4) is 0 Å². The third kappa shape index (κ3) is 2.84. The molecule has 2 atom stereocenters. The molecule has 0 saturated carbocycles. The van der Waals surface area contributed by atoms with Gasteiger partial charge in [-0.2, -0.15) is 0 Å². The van der Waals surface area contributed by atoms with Crippen molar-refractivity contribution >= 4 is 5.91 Å². The molecule has 0 bridgehead atoms. The molecular weight excluding hydrogens is 212 g/mol. The van der Waals surface area contributed by atoms with Crippen LogP contribution < -0.4 is 0 Å². The summed E-state index contributed by atoms with van der Waals surface area (Å²) in [6.07, 6.45) is 5.65. The summed E-state index contributed by atoms with van der Waals surface area (Å²) in [6.45, 7) is 4.29. The molecule has 0 N–H and O–H groups in total. The van der Waals surface area contributed by atoms with Gasteiger partial charge in [-0.15, -0.1) is 0 Å². The van der Waals surface area contributed by atoms with E-state index in [1.807, 2.05) is 23.1 Å². The van der Waals surface area contributed by atoms with Crippen LogP contribution in [0, 0.1) is 0 Å². The van der Waals surface area contributed by atoms with Gasteiger partial charge in [-0.05, 0) is 45.2 Å². The Balaban J connectivity index is 2.04. The summed E-state index contributed by atoms with van der Waals surface area (Å²) >= 11 is 0. The maximum Gasteiger partial charge on any atom is 0.229 e. The predicted octanol–water partition coefficient (Wildman–Crippen LogP) is 2.41. The van der Waals surface area contributed by atoms with Gasteiger partial charge < -0.3 is 4.90 Å². The van der Waals surface area contributed by atoms with Crippen LogP contribution in [-0.2, 0) is 11.2 Å². The molecule has 3 nitrogen and oxygen atoms in total. The zero-order valence-corrected chi connectivity index (χ0v) is 10.6.